The SMILES string of the molecule is Cc1cccc(NC(=O)[C@@H](C)Oc2ccc(-c3cnc4ccccc4n3)cc2)c1C. The number of benzene rings is 3. The van der Waals surface area contributed by atoms with E-state index in [1.54, 1.807) is 13.1 Å². The molecule has 0 aliphatic carbocycles. The highest BCUT2D eigenvalue weighted by molar-refractivity contribution is 5.94. The molecule has 0 unspecified atom stereocenters. The molecule has 0 spiro atoms. The lowest BCUT2D eigenvalue weighted by molar-refractivity contribution is -0.122. The van der Waals surface area contributed by atoms with Crippen molar-refractivity contribution in [2.75, 3.05) is 5.32 Å². The number of ether oxygens (including phenoxy) is 1. The Labute approximate surface area is 175 Å². The molecule has 1 amide bonds. The van der Waals surface area contributed by atoms with E-state index in [1.807, 2.05) is 80.6 Å². The Bertz CT molecular complexity index is 1200. The first-order valence-corrected chi connectivity index (χ1v) is 9.87. The van der Waals surface area contributed by atoms with E-state index in [1.165, 1.54) is 0 Å². The number of aromatic nitrogens is 2. The van der Waals surface area contributed by atoms with E-state index in [9.17, 15) is 4.79 Å². The second kappa shape index (κ2) is 8.33. The number of fused-ring (bicyclic) bond motifs is 1. The fraction of sp³-hybridized carbons (Fsp3) is 0.160. The molecule has 1 N–H and O–H groups in total. The van der Waals surface area contributed by atoms with Crippen LogP contribution < -0.4 is 10.1 Å². The van der Waals surface area contributed by atoms with Gasteiger partial charge in [-0.3, -0.25) is 9.78 Å². The van der Waals surface area contributed by atoms with Crippen molar-refractivity contribution >= 4 is 22.6 Å². The minimum atomic E-state index is -0.628. The summed E-state index contributed by atoms with van der Waals surface area (Å²) in [5.74, 6) is 0.435. The van der Waals surface area contributed by atoms with Crippen LogP contribution in [0.2, 0.25) is 0 Å². The van der Waals surface area contributed by atoms with E-state index in [0.29, 0.717) is 5.75 Å². The van der Waals surface area contributed by atoms with Crippen molar-refractivity contribution in [1.29, 1.82) is 0 Å². The van der Waals surface area contributed by atoms with Crippen molar-refractivity contribution in [3.63, 3.8) is 0 Å². The van der Waals surface area contributed by atoms with E-state index in [-0.39, 0.29) is 5.91 Å². The average molecular weight is 397 g/mol. The predicted molar refractivity (Wildman–Crippen MR) is 120 cm³/mol. The number of anilines is 1. The topological polar surface area (TPSA) is 64.1 Å². The number of aryl methyl sites for hydroxylation is 1. The van der Waals surface area contributed by atoms with E-state index >= 15 is 0 Å². The number of nitrogens with one attached hydrogen (secondary N) is 1. The smallest absolute Gasteiger partial charge is 0.265 e. The second-order valence-corrected chi connectivity index (χ2v) is 7.27. The van der Waals surface area contributed by atoms with Crippen LogP contribution in [0.1, 0.15) is 18.1 Å². The van der Waals surface area contributed by atoms with Gasteiger partial charge in [0.15, 0.2) is 6.10 Å². The molecular weight excluding hydrogens is 374 g/mol. The molecule has 5 nitrogen and oxygen atoms in total. The summed E-state index contributed by atoms with van der Waals surface area (Å²) in [6, 6.07) is 21.1. The van der Waals surface area contributed by atoms with Crippen molar-refractivity contribution in [3.05, 3.63) is 84.1 Å². The Kier molecular flexibility index (Phi) is 5.44. The highest BCUT2D eigenvalue weighted by Crippen LogP contribution is 2.23. The van der Waals surface area contributed by atoms with Crippen molar-refractivity contribution in [2.45, 2.75) is 26.9 Å². The Hall–Kier alpha value is -3.73. The third-order valence-corrected chi connectivity index (χ3v) is 5.14. The number of para-hydroxylation sites is 2. The molecule has 30 heavy (non-hydrogen) atoms. The van der Waals surface area contributed by atoms with Crippen molar-refractivity contribution < 1.29 is 9.53 Å². The number of rotatable bonds is 5. The molecule has 3 aromatic carbocycles. The van der Waals surface area contributed by atoms with Gasteiger partial charge < -0.3 is 10.1 Å². The van der Waals surface area contributed by atoms with Gasteiger partial charge in [0.1, 0.15) is 5.75 Å². The molecule has 0 saturated heterocycles. The zero-order chi connectivity index (χ0) is 21.1. The molecule has 0 fully saturated rings. The first kappa shape index (κ1) is 19.6. The van der Waals surface area contributed by atoms with Crippen LogP contribution in [0.25, 0.3) is 22.3 Å². The van der Waals surface area contributed by atoms with Gasteiger partial charge in [-0.05, 0) is 74.4 Å². The number of amides is 1. The highest BCUT2D eigenvalue weighted by atomic mass is 16.5. The zero-order valence-electron chi connectivity index (χ0n) is 17.2. The molecule has 1 atom stereocenters. The van der Waals surface area contributed by atoms with Crippen LogP contribution in [-0.2, 0) is 4.79 Å². The number of carbonyl (C=O) groups excluding carboxylic acids is 1. The minimum absolute atomic E-state index is 0.187. The van der Waals surface area contributed by atoms with Crippen LogP contribution in [0.15, 0.2) is 72.9 Å². The summed E-state index contributed by atoms with van der Waals surface area (Å²) in [7, 11) is 0. The summed E-state index contributed by atoms with van der Waals surface area (Å²) in [5, 5.41) is 2.94. The van der Waals surface area contributed by atoms with Crippen LogP contribution in [0.4, 0.5) is 5.69 Å². The van der Waals surface area contributed by atoms with Crippen LogP contribution in [0, 0.1) is 13.8 Å². The van der Waals surface area contributed by atoms with Gasteiger partial charge in [-0.2, -0.15) is 0 Å². The molecule has 0 bridgehead atoms. The Morgan fingerprint density at radius 1 is 0.933 bits per heavy atom. The summed E-state index contributed by atoms with van der Waals surface area (Å²) in [6.45, 7) is 5.75. The van der Waals surface area contributed by atoms with Crippen LogP contribution >= 0.6 is 0 Å². The number of nitrogens with zero attached hydrogens (tertiary/aromatic N) is 2. The third-order valence-electron chi connectivity index (χ3n) is 5.14. The monoisotopic (exact) mass is 397 g/mol. The first-order chi connectivity index (χ1) is 14.5. The van der Waals surface area contributed by atoms with Gasteiger partial charge >= 0.3 is 0 Å². The number of carbonyl (C=O) groups is 1. The highest BCUT2D eigenvalue weighted by Gasteiger charge is 2.16. The Morgan fingerprint density at radius 2 is 1.67 bits per heavy atom. The van der Waals surface area contributed by atoms with Crippen molar-refractivity contribution in [3.8, 4) is 17.0 Å². The summed E-state index contributed by atoms with van der Waals surface area (Å²) < 4.78 is 5.83. The molecule has 4 rings (SSSR count). The lowest BCUT2D eigenvalue weighted by Crippen LogP contribution is -2.30. The quantitative estimate of drug-likeness (QED) is 0.495. The molecule has 0 radical (unpaired) electrons. The maximum Gasteiger partial charge on any atom is 0.265 e. The van der Waals surface area contributed by atoms with Crippen LogP contribution in [0.3, 0.4) is 0 Å². The summed E-state index contributed by atoms with van der Waals surface area (Å²) >= 11 is 0. The standard InChI is InChI=1S/C25H23N3O2/c1-16-7-6-10-21(17(16)2)28-25(29)18(3)30-20-13-11-19(12-14-20)24-15-26-22-8-4-5-9-23(22)27-24/h4-15,18H,1-3H3,(H,28,29)/t18-/m1/s1. The molecule has 0 aliphatic heterocycles. The van der Waals surface area contributed by atoms with Crippen molar-refractivity contribution in [2.24, 2.45) is 0 Å². The van der Waals surface area contributed by atoms with E-state index < -0.39 is 6.10 Å². The van der Waals surface area contributed by atoms with Gasteiger partial charge in [0.25, 0.3) is 5.91 Å². The molecule has 5 heteroatoms. The largest absolute Gasteiger partial charge is 0.481 e. The van der Waals surface area contributed by atoms with E-state index in [4.69, 9.17) is 4.74 Å². The number of hydrogen-bond acceptors (Lipinski definition) is 4. The maximum absolute atomic E-state index is 12.5. The third kappa shape index (κ3) is 4.15. The van der Waals surface area contributed by atoms with Gasteiger partial charge in [-0.1, -0.05) is 24.3 Å². The molecule has 0 aliphatic rings. The molecule has 1 heterocycles. The van der Waals surface area contributed by atoms with E-state index in [2.05, 4.69) is 15.3 Å². The molecule has 150 valence electrons. The van der Waals surface area contributed by atoms with Gasteiger partial charge in [0, 0.05) is 11.3 Å². The zero-order valence-corrected chi connectivity index (χ0v) is 17.2. The average Bonchev–Trinajstić information content (AvgIpc) is 2.77. The lowest BCUT2D eigenvalue weighted by Gasteiger charge is -2.16. The van der Waals surface area contributed by atoms with Crippen LogP contribution in [-0.4, -0.2) is 22.0 Å². The predicted octanol–water partition coefficient (Wildman–Crippen LogP) is 5.32. The molecule has 0 saturated carbocycles. The van der Waals surface area contributed by atoms with Gasteiger partial charge in [0.2, 0.25) is 0 Å². The fourth-order valence-corrected chi connectivity index (χ4v) is 3.18. The summed E-state index contributed by atoms with van der Waals surface area (Å²) in [6.07, 6.45) is 1.13. The fourth-order valence-electron chi connectivity index (χ4n) is 3.18. The van der Waals surface area contributed by atoms with Gasteiger partial charge in [-0.25, -0.2) is 4.98 Å². The first-order valence-electron chi connectivity index (χ1n) is 9.87. The summed E-state index contributed by atoms with van der Waals surface area (Å²) in [4.78, 5) is 21.7. The van der Waals surface area contributed by atoms with Gasteiger partial charge in [-0.15, -0.1) is 0 Å². The molecule has 1 aromatic heterocycles. The lowest BCUT2D eigenvalue weighted by atomic mass is 10.1. The minimum Gasteiger partial charge on any atom is -0.481 e. The normalized spacial score (nSPS) is 11.8. The molecular formula is C25H23N3O2. The van der Waals surface area contributed by atoms with Crippen molar-refractivity contribution in [1.82, 2.24) is 9.97 Å². The van der Waals surface area contributed by atoms with E-state index in [0.717, 1.165) is 39.1 Å². The second-order valence-electron chi connectivity index (χ2n) is 7.27. The van der Waals surface area contributed by atoms with Crippen LogP contribution in [0.5, 0.6) is 5.75 Å². The Morgan fingerprint density at radius 3 is 2.43 bits per heavy atom. The Balaban J connectivity index is 1.44. The summed E-state index contributed by atoms with van der Waals surface area (Å²) in [5.41, 5.74) is 6.44. The van der Waals surface area contributed by atoms with Gasteiger partial charge in [0.05, 0.1) is 22.9 Å². The number of hydrogen-bond donors (Lipinski definition) is 1. The maximum atomic E-state index is 12.5. The molecule has 4 aromatic rings.